The van der Waals surface area contributed by atoms with Crippen molar-refractivity contribution < 1.29 is 13.9 Å². The molecule has 0 saturated heterocycles. The summed E-state index contributed by atoms with van der Waals surface area (Å²) in [6.45, 7) is 1.84. The Hall–Kier alpha value is -4.26. The highest BCUT2D eigenvalue weighted by molar-refractivity contribution is 6.17. The van der Waals surface area contributed by atoms with Crippen LogP contribution in [0.3, 0.4) is 0 Å². The Kier molecular flexibility index (Phi) is 5.22. The molecule has 33 heavy (non-hydrogen) atoms. The maximum absolute atomic E-state index is 13.6. The molecule has 0 saturated carbocycles. The number of halogens is 1. The number of methoxy groups -OCH3 is 1. The number of aromatic nitrogens is 2. The lowest BCUT2D eigenvalue weighted by Crippen LogP contribution is -2.15. The number of benzene rings is 3. The SMILES string of the molecule is COc1cc2c(cc1-c1ccc(F)cc1C)NC(=O)CC(c1cccc(-n3ccnc3)c1)=N2. The summed E-state index contributed by atoms with van der Waals surface area (Å²) in [4.78, 5) is 21.7. The number of anilines is 1. The number of aryl methyl sites for hydroxylation is 1. The van der Waals surface area contributed by atoms with E-state index in [1.165, 1.54) is 12.1 Å². The second kappa shape index (κ2) is 8.35. The first-order valence-electron chi connectivity index (χ1n) is 10.5. The third-order valence-electron chi connectivity index (χ3n) is 5.64. The van der Waals surface area contributed by atoms with Gasteiger partial charge in [-0.05, 0) is 53.9 Å². The fourth-order valence-electron chi connectivity index (χ4n) is 4.03. The Morgan fingerprint density at radius 1 is 1.09 bits per heavy atom. The molecule has 5 rings (SSSR count). The van der Waals surface area contributed by atoms with Crippen molar-refractivity contribution in [2.24, 2.45) is 4.99 Å². The lowest BCUT2D eigenvalue weighted by molar-refractivity contribution is -0.115. The van der Waals surface area contributed by atoms with Crippen LogP contribution in [0.15, 0.2) is 78.3 Å². The van der Waals surface area contributed by atoms with Crippen molar-refractivity contribution in [3.8, 4) is 22.6 Å². The molecule has 4 aromatic rings. The van der Waals surface area contributed by atoms with Crippen LogP contribution in [-0.2, 0) is 4.79 Å². The number of imidazole rings is 1. The zero-order valence-electron chi connectivity index (χ0n) is 18.2. The average Bonchev–Trinajstić information content (AvgIpc) is 3.29. The van der Waals surface area contributed by atoms with Crippen molar-refractivity contribution in [2.45, 2.75) is 13.3 Å². The van der Waals surface area contributed by atoms with E-state index in [-0.39, 0.29) is 18.1 Å². The van der Waals surface area contributed by atoms with Crippen LogP contribution in [0.4, 0.5) is 15.8 Å². The molecule has 6 nitrogen and oxygen atoms in total. The minimum atomic E-state index is -0.301. The van der Waals surface area contributed by atoms with Gasteiger partial charge in [-0.1, -0.05) is 18.2 Å². The van der Waals surface area contributed by atoms with Gasteiger partial charge in [-0.3, -0.25) is 4.79 Å². The Morgan fingerprint density at radius 2 is 1.97 bits per heavy atom. The second-order valence-electron chi connectivity index (χ2n) is 7.83. The van der Waals surface area contributed by atoms with Gasteiger partial charge >= 0.3 is 0 Å². The number of nitrogens with one attached hydrogen (secondary N) is 1. The van der Waals surface area contributed by atoms with Crippen LogP contribution in [0.1, 0.15) is 17.5 Å². The van der Waals surface area contributed by atoms with Crippen molar-refractivity contribution in [2.75, 3.05) is 12.4 Å². The molecule has 0 spiro atoms. The highest BCUT2D eigenvalue weighted by atomic mass is 19.1. The number of hydrogen-bond donors (Lipinski definition) is 1. The average molecular weight is 440 g/mol. The molecule has 3 aromatic carbocycles. The number of amides is 1. The number of fused-ring (bicyclic) bond motifs is 1. The maximum Gasteiger partial charge on any atom is 0.230 e. The molecule has 7 heteroatoms. The third-order valence-corrected chi connectivity index (χ3v) is 5.64. The van der Waals surface area contributed by atoms with E-state index in [2.05, 4.69) is 10.3 Å². The highest BCUT2D eigenvalue weighted by Gasteiger charge is 2.21. The summed E-state index contributed by atoms with van der Waals surface area (Å²) in [7, 11) is 1.58. The van der Waals surface area contributed by atoms with Crippen molar-refractivity contribution in [3.05, 3.63) is 90.3 Å². The summed E-state index contributed by atoms with van der Waals surface area (Å²) < 4.78 is 21.2. The van der Waals surface area contributed by atoms with E-state index < -0.39 is 0 Å². The first-order chi connectivity index (χ1) is 16.0. The van der Waals surface area contributed by atoms with Gasteiger partial charge in [-0.2, -0.15) is 0 Å². The molecular weight excluding hydrogens is 419 g/mol. The number of hydrogen-bond acceptors (Lipinski definition) is 4. The molecule has 0 bridgehead atoms. The number of nitrogens with zero attached hydrogens (tertiary/aromatic N) is 3. The molecule has 0 unspecified atom stereocenters. The Bertz CT molecular complexity index is 1390. The van der Waals surface area contributed by atoms with Crippen LogP contribution in [0.2, 0.25) is 0 Å². The molecule has 164 valence electrons. The van der Waals surface area contributed by atoms with Crippen LogP contribution < -0.4 is 10.1 Å². The lowest BCUT2D eigenvalue weighted by Gasteiger charge is -2.15. The van der Waals surface area contributed by atoms with Gasteiger partial charge in [-0.15, -0.1) is 0 Å². The summed E-state index contributed by atoms with van der Waals surface area (Å²) in [5.41, 5.74) is 5.97. The van der Waals surface area contributed by atoms with Gasteiger partial charge in [0, 0.05) is 29.7 Å². The Labute approximate surface area is 190 Å². The predicted octanol–water partition coefficient (Wildman–Crippen LogP) is 5.46. The largest absolute Gasteiger partial charge is 0.496 e. The Morgan fingerprint density at radius 3 is 2.73 bits per heavy atom. The summed E-state index contributed by atoms with van der Waals surface area (Å²) in [5, 5.41) is 2.96. The van der Waals surface area contributed by atoms with Gasteiger partial charge in [0.05, 0.1) is 36.9 Å². The quantitative estimate of drug-likeness (QED) is 0.458. The van der Waals surface area contributed by atoms with E-state index in [4.69, 9.17) is 9.73 Å². The van der Waals surface area contributed by atoms with E-state index in [1.807, 2.05) is 48.0 Å². The molecule has 0 fully saturated rings. The van der Waals surface area contributed by atoms with E-state index in [9.17, 15) is 9.18 Å². The second-order valence-corrected chi connectivity index (χ2v) is 7.83. The summed E-state index contributed by atoms with van der Waals surface area (Å²) in [5.74, 6) is 0.132. The van der Waals surface area contributed by atoms with Crippen LogP contribution in [0, 0.1) is 12.7 Å². The van der Waals surface area contributed by atoms with Gasteiger partial charge in [-0.25, -0.2) is 14.4 Å². The van der Waals surface area contributed by atoms with Gasteiger partial charge in [0.1, 0.15) is 11.6 Å². The molecule has 0 aliphatic carbocycles. The fourth-order valence-corrected chi connectivity index (χ4v) is 4.03. The van der Waals surface area contributed by atoms with Gasteiger partial charge < -0.3 is 14.6 Å². The van der Waals surface area contributed by atoms with Crippen molar-refractivity contribution in [1.82, 2.24) is 9.55 Å². The molecule has 1 N–H and O–H groups in total. The van der Waals surface area contributed by atoms with Crippen LogP contribution in [0.5, 0.6) is 5.75 Å². The zero-order valence-corrected chi connectivity index (χ0v) is 18.2. The molecule has 1 aromatic heterocycles. The third kappa shape index (κ3) is 4.01. The monoisotopic (exact) mass is 440 g/mol. The van der Waals surface area contributed by atoms with Crippen molar-refractivity contribution in [1.29, 1.82) is 0 Å². The van der Waals surface area contributed by atoms with E-state index >= 15 is 0 Å². The number of aliphatic imine (C=N–C) groups is 1. The minimum Gasteiger partial charge on any atom is -0.496 e. The molecule has 2 heterocycles. The van der Waals surface area contributed by atoms with E-state index in [1.54, 1.807) is 31.8 Å². The van der Waals surface area contributed by atoms with Gasteiger partial charge in [0.25, 0.3) is 0 Å². The van der Waals surface area contributed by atoms with Crippen molar-refractivity contribution in [3.63, 3.8) is 0 Å². The van der Waals surface area contributed by atoms with Crippen LogP contribution in [-0.4, -0.2) is 28.3 Å². The summed E-state index contributed by atoms with van der Waals surface area (Å²) in [6, 6.07) is 16.0. The van der Waals surface area contributed by atoms with E-state index in [0.717, 1.165) is 27.9 Å². The molecule has 1 amide bonds. The topological polar surface area (TPSA) is 68.5 Å². The summed E-state index contributed by atoms with van der Waals surface area (Å²) in [6.07, 6.45) is 5.43. The Balaban J connectivity index is 1.62. The van der Waals surface area contributed by atoms with Crippen LogP contribution >= 0.6 is 0 Å². The first-order valence-corrected chi connectivity index (χ1v) is 10.5. The summed E-state index contributed by atoms with van der Waals surface area (Å²) >= 11 is 0. The first kappa shape index (κ1) is 20.6. The van der Waals surface area contributed by atoms with Crippen LogP contribution in [0.25, 0.3) is 16.8 Å². The maximum atomic E-state index is 13.6. The number of rotatable bonds is 4. The lowest BCUT2D eigenvalue weighted by atomic mass is 9.98. The predicted molar refractivity (Wildman–Crippen MR) is 126 cm³/mol. The molecule has 0 atom stereocenters. The number of carbonyl (C=O) groups is 1. The molecule has 1 aliphatic heterocycles. The smallest absolute Gasteiger partial charge is 0.230 e. The van der Waals surface area contributed by atoms with Gasteiger partial charge in [0.15, 0.2) is 0 Å². The standard InChI is InChI=1S/C26H21FN4O2/c1-16-10-18(27)6-7-20(16)21-12-23-24(13-25(21)33-2)29-22(14-26(32)30-23)17-4-3-5-19(11-17)31-9-8-28-15-31/h3-13,15H,14H2,1-2H3,(H,30,32). The van der Waals surface area contributed by atoms with E-state index in [0.29, 0.717) is 22.8 Å². The number of carbonyl (C=O) groups excluding carboxylic acids is 1. The molecule has 1 aliphatic rings. The van der Waals surface area contributed by atoms with Gasteiger partial charge in [0.2, 0.25) is 5.91 Å². The highest BCUT2D eigenvalue weighted by Crippen LogP contribution is 2.41. The van der Waals surface area contributed by atoms with Crippen molar-refractivity contribution >= 4 is 23.0 Å². The fraction of sp³-hybridized carbons (Fsp3) is 0.115. The minimum absolute atomic E-state index is 0.134. The molecular formula is C26H21FN4O2. The molecule has 0 radical (unpaired) electrons. The zero-order chi connectivity index (χ0) is 22.9. The normalized spacial score (nSPS) is 13.1. The number of ether oxygens (including phenoxy) is 1.